The number of hydrogen-bond acceptors (Lipinski definition) is 4. The van der Waals surface area contributed by atoms with Crippen LogP contribution in [0.1, 0.15) is 29.8 Å². The summed E-state index contributed by atoms with van der Waals surface area (Å²) in [7, 11) is 1.65. The minimum atomic E-state index is -0.00656. The summed E-state index contributed by atoms with van der Waals surface area (Å²) in [5.41, 5.74) is 0.565. The topological polar surface area (TPSA) is 78.5 Å². The lowest BCUT2D eigenvalue weighted by Crippen LogP contribution is -2.44. The van der Waals surface area contributed by atoms with E-state index in [1.807, 2.05) is 9.80 Å². The average molecular weight is 306 g/mol. The summed E-state index contributed by atoms with van der Waals surface area (Å²) >= 11 is 0. The minimum absolute atomic E-state index is 0.00656. The molecule has 2 saturated heterocycles. The number of nitrogens with one attached hydrogen (secondary N) is 1. The largest absolute Gasteiger partial charge is 0.383 e. The monoisotopic (exact) mass is 306 g/mol. The maximum Gasteiger partial charge on any atom is 0.271 e. The Morgan fingerprint density at radius 2 is 2.23 bits per heavy atom. The van der Waals surface area contributed by atoms with Crippen molar-refractivity contribution in [2.24, 2.45) is 5.41 Å². The van der Waals surface area contributed by atoms with E-state index in [1.54, 1.807) is 19.4 Å². The molecule has 7 nitrogen and oxygen atoms in total. The van der Waals surface area contributed by atoms with Gasteiger partial charge in [-0.05, 0) is 18.9 Å². The highest BCUT2D eigenvalue weighted by Gasteiger charge is 2.45. The lowest BCUT2D eigenvalue weighted by molar-refractivity contribution is -0.128. The van der Waals surface area contributed by atoms with E-state index in [9.17, 15) is 9.59 Å². The number of piperidine rings is 1. The third kappa shape index (κ3) is 2.85. The molecule has 1 aromatic heterocycles. The first-order valence-electron chi connectivity index (χ1n) is 7.69. The van der Waals surface area contributed by atoms with E-state index in [0.717, 1.165) is 19.4 Å². The second kappa shape index (κ2) is 6.08. The fourth-order valence-corrected chi connectivity index (χ4v) is 3.45. The van der Waals surface area contributed by atoms with Gasteiger partial charge in [-0.1, -0.05) is 0 Å². The Morgan fingerprint density at radius 1 is 1.45 bits per heavy atom. The fourth-order valence-electron chi connectivity index (χ4n) is 3.45. The normalized spacial score (nSPS) is 20.9. The summed E-state index contributed by atoms with van der Waals surface area (Å²) in [6, 6.07) is 1.69. The molecule has 0 aliphatic carbocycles. The van der Waals surface area contributed by atoms with Crippen molar-refractivity contribution >= 4 is 11.8 Å². The zero-order valence-electron chi connectivity index (χ0n) is 12.9. The standard InChI is InChI=1S/C15H22N4O3/c1-22-9-8-19-11-15(10-13(19)20)3-6-18(7-4-15)14(21)12-2-5-16-17-12/h2,5H,3-4,6-11H2,1H3,(H,16,17). The van der Waals surface area contributed by atoms with Gasteiger partial charge in [-0.25, -0.2) is 0 Å². The van der Waals surface area contributed by atoms with E-state index in [2.05, 4.69) is 10.2 Å². The number of likely N-dealkylation sites (tertiary alicyclic amines) is 2. The van der Waals surface area contributed by atoms with Crippen molar-refractivity contribution in [3.8, 4) is 0 Å². The summed E-state index contributed by atoms with van der Waals surface area (Å²) in [5.74, 6) is 0.207. The molecule has 2 aliphatic rings. The van der Waals surface area contributed by atoms with Gasteiger partial charge in [0.2, 0.25) is 5.91 Å². The molecule has 2 fully saturated rings. The Hall–Kier alpha value is -1.89. The van der Waals surface area contributed by atoms with Crippen molar-refractivity contribution in [1.29, 1.82) is 0 Å². The van der Waals surface area contributed by atoms with Crippen molar-refractivity contribution in [3.63, 3.8) is 0 Å². The lowest BCUT2D eigenvalue weighted by atomic mass is 9.77. The molecule has 22 heavy (non-hydrogen) atoms. The minimum Gasteiger partial charge on any atom is -0.383 e. The molecule has 1 spiro atoms. The molecule has 3 heterocycles. The predicted octanol–water partition coefficient (Wildman–Crippen LogP) is 0.511. The van der Waals surface area contributed by atoms with Crippen LogP contribution in [0.5, 0.6) is 0 Å². The highest BCUT2D eigenvalue weighted by molar-refractivity contribution is 5.92. The van der Waals surface area contributed by atoms with Crippen molar-refractivity contribution in [1.82, 2.24) is 20.0 Å². The smallest absolute Gasteiger partial charge is 0.271 e. The number of nitrogens with zero attached hydrogens (tertiary/aromatic N) is 3. The molecule has 2 amide bonds. The van der Waals surface area contributed by atoms with E-state index >= 15 is 0 Å². The van der Waals surface area contributed by atoms with Crippen LogP contribution in [-0.4, -0.2) is 71.7 Å². The Labute approximate surface area is 129 Å². The highest BCUT2D eigenvalue weighted by Crippen LogP contribution is 2.41. The van der Waals surface area contributed by atoms with Gasteiger partial charge in [0.25, 0.3) is 5.91 Å². The molecule has 2 aliphatic heterocycles. The van der Waals surface area contributed by atoms with Gasteiger partial charge in [0.15, 0.2) is 0 Å². The number of hydrogen-bond donors (Lipinski definition) is 1. The number of carbonyl (C=O) groups excluding carboxylic acids is 2. The first-order chi connectivity index (χ1) is 10.6. The molecule has 120 valence electrons. The summed E-state index contributed by atoms with van der Waals surface area (Å²) in [4.78, 5) is 28.2. The van der Waals surface area contributed by atoms with E-state index in [4.69, 9.17) is 4.74 Å². The van der Waals surface area contributed by atoms with Crippen LogP contribution in [0, 0.1) is 5.41 Å². The number of aromatic amines is 1. The van der Waals surface area contributed by atoms with Crippen molar-refractivity contribution in [2.75, 3.05) is 39.9 Å². The number of carbonyl (C=O) groups is 2. The molecule has 0 radical (unpaired) electrons. The van der Waals surface area contributed by atoms with Crippen LogP contribution in [0.25, 0.3) is 0 Å². The predicted molar refractivity (Wildman–Crippen MR) is 79.2 cm³/mol. The van der Waals surface area contributed by atoms with Crippen LogP contribution in [0.3, 0.4) is 0 Å². The van der Waals surface area contributed by atoms with Crippen molar-refractivity contribution in [2.45, 2.75) is 19.3 Å². The maximum absolute atomic E-state index is 12.3. The molecule has 0 atom stereocenters. The van der Waals surface area contributed by atoms with Gasteiger partial charge in [-0.2, -0.15) is 5.10 Å². The zero-order chi connectivity index (χ0) is 15.6. The van der Waals surface area contributed by atoms with Crippen LogP contribution >= 0.6 is 0 Å². The number of amides is 2. The molecule has 0 aromatic carbocycles. The summed E-state index contributed by atoms with van der Waals surface area (Å²) in [6.45, 7) is 3.42. The van der Waals surface area contributed by atoms with Gasteiger partial charge in [0.1, 0.15) is 5.69 Å². The molecule has 0 saturated carbocycles. The Kier molecular flexibility index (Phi) is 4.15. The Bertz CT molecular complexity index is 535. The van der Waals surface area contributed by atoms with Gasteiger partial charge in [0, 0.05) is 51.3 Å². The van der Waals surface area contributed by atoms with Gasteiger partial charge in [-0.3, -0.25) is 14.7 Å². The van der Waals surface area contributed by atoms with Crippen molar-refractivity contribution < 1.29 is 14.3 Å². The number of rotatable bonds is 4. The maximum atomic E-state index is 12.3. The van der Waals surface area contributed by atoms with E-state index in [0.29, 0.717) is 38.4 Å². The van der Waals surface area contributed by atoms with Crippen LogP contribution in [0.4, 0.5) is 0 Å². The third-order valence-electron chi connectivity index (χ3n) is 4.81. The summed E-state index contributed by atoms with van der Waals surface area (Å²) in [5, 5.41) is 6.54. The Balaban J connectivity index is 1.57. The summed E-state index contributed by atoms with van der Waals surface area (Å²) in [6.07, 6.45) is 3.94. The number of H-pyrrole nitrogens is 1. The first kappa shape index (κ1) is 15.0. The number of methoxy groups -OCH3 is 1. The molecule has 0 unspecified atom stereocenters. The van der Waals surface area contributed by atoms with Gasteiger partial charge in [-0.15, -0.1) is 0 Å². The zero-order valence-corrected chi connectivity index (χ0v) is 12.9. The van der Waals surface area contributed by atoms with E-state index < -0.39 is 0 Å². The molecule has 1 aromatic rings. The van der Waals surface area contributed by atoms with E-state index in [1.165, 1.54) is 0 Å². The number of aromatic nitrogens is 2. The van der Waals surface area contributed by atoms with Gasteiger partial charge < -0.3 is 14.5 Å². The van der Waals surface area contributed by atoms with Crippen LogP contribution in [0.15, 0.2) is 12.3 Å². The second-order valence-corrected chi connectivity index (χ2v) is 6.25. The summed E-state index contributed by atoms with van der Waals surface area (Å²) < 4.78 is 5.06. The molecular formula is C15H22N4O3. The molecule has 0 bridgehead atoms. The third-order valence-corrected chi connectivity index (χ3v) is 4.81. The second-order valence-electron chi connectivity index (χ2n) is 6.25. The van der Waals surface area contributed by atoms with Gasteiger partial charge in [0.05, 0.1) is 6.61 Å². The molecule has 3 rings (SSSR count). The molecule has 7 heteroatoms. The SMILES string of the molecule is COCCN1CC2(CCN(C(=O)c3ccn[nH]3)CC2)CC1=O. The molecule has 1 N–H and O–H groups in total. The lowest BCUT2D eigenvalue weighted by Gasteiger charge is -2.38. The van der Waals surface area contributed by atoms with E-state index in [-0.39, 0.29) is 17.2 Å². The van der Waals surface area contributed by atoms with Crippen LogP contribution in [0.2, 0.25) is 0 Å². The number of ether oxygens (including phenoxy) is 1. The van der Waals surface area contributed by atoms with Gasteiger partial charge >= 0.3 is 0 Å². The first-order valence-corrected chi connectivity index (χ1v) is 7.69. The van der Waals surface area contributed by atoms with Crippen molar-refractivity contribution in [3.05, 3.63) is 18.0 Å². The quantitative estimate of drug-likeness (QED) is 0.879. The molecular weight excluding hydrogens is 284 g/mol. The van der Waals surface area contributed by atoms with Crippen LogP contribution < -0.4 is 0 Å². The van der Waals surface area contributed by atoms with Crippen LogP contribution in [-0.2, 0) is 9.53 Å². The Morgan fingerprint density at radius 3 is 2.86 bits per heavy atom. The average Bonchev–Trinajstić information content (AvgIpc) is 3.14. The fraction of sp³-hybridized carbons (Fsp3) is 0.667. The highest BCUT2D eigenvalue weighted by atomic mass is 16.5.